The number of anilines is 2. The van der Waals surface area contributed by atoms with Crippen molar-refractivity contribution in [3.63, 3.8) is 0 Å². The van der Waals surface area contributed by atoms with Gasteiger partial charge >= 0.3 is 0 Å². The highest BCUT2D eigenvalue weighted by Gasteiger charge is 2.24. The molecule has 6 heteroatoms. The predicted molar refractivity (Wildman–Crippen MR) is 85.8 cm³/mol. The molecule has 0 aromatic heterocycles. The fourth-order valence-corrected chi connectivity index (χ4v) is 3.56. The average Bonchev–Trinajstić information content (AvgIpc) is 2.45. The molecule has 0 spiro atoms. The Morgan fingerprint density at radius 2 is 1.62 bits per heavy atom. The number of para-hydroxylation sites is 1. The second-order valence-electron chi connectivity index (χ2n) is 4.96. The van der Waals surface area contributed by atoms with Crippen LogP contribution >= 0.6 is 0 Å². The minimum absolute atomic E-state index is 0.147. The number of hydrazine groups is 1. The van der Waals surface area contributed by atoms with E-state index in [1.807, 2.05) is 32.0 Å². The minimum Gasteiger partial charge on any atom is -0.323 e. The summed E-state index contributed by atoms with van der Waals surface area (Å²) in [5.74, 6) is 5.40. The first-order chi connectivity index (χ1) is 9.86. The van der Waals surface area contributed by atoms with Gasteiger partial charge in [0.2, 0.25) is 0 Å². The minimum atomic E-state index is -3.68. The van der Waals surface area contributed by atoms with Crippen molar-refractivity contribution in [1.82, 2.24) is 0 Å². The van der Waals surface area contributed by atoms with Crippen LogP contribution in [0.4, 0.5) is 11.4 Å². The Kier molecular flexibility index (Phi) is 4.20. The monoisotopic (exact) mass is 305 g/mol. The van der Waals surface area contributed by atoms with Gasteiger partial charge in [-0.1, -0.05) is 18.2 Å². The molecule has 0 amide bonds. The topological polar surface area (TPSA) is 75.4 Å². The highest BCUT2D eigenvalue weighted by Crippen LogP contribution is 2.28. The van der Waals surface area contributed by atoms with E-state index in [4.69, 9.17) is 5.84 Å². The number of hydrogen-bond acceptors (Lipinski definition) is 4. The van der Waals surface area contributed by atoms with Gasteiger partial charge in [-0.2, -0.15) is 0 Å². The smallest absolute Gasteiger partial charge is 0.266 e. The SMILES string of the molecule is Cc1cc(C)cc(N(C)S(=O)(=O)c2ccccc2NN)c1. The number of nitrogens with one attached hydrogen (secondary N) is 1. The van der Waals surface area contributed by atoms with Gasteiger partial charge in [-0.3, -0.25) is 10.1 Å². The normalized spacial score (nSPS) is 11.2. The van der Waals surface area contributed by atoms with Gasteiger partial charge in [0.1, 0.15) is 4.90 Å². The first-order valence-electron chi connectivity index (χ1n) is 6.49. The van der Waals surface area contributed by atoms with E-state index in [0.29, 0.717) is 11.4 Å². The zero-order valence-electron chi connectivity index (χ0n) is 12.3. The van der Waals surface area contributed by atoms with Gasteiger partial charge in [0.25, 0.3) is 10.0 Å². The molecular formula is C15H19N3O2S. The highest BCUT2D eigenvalue weighted by molar-refractivity contribution is 7.93. The van der Waals surface area contributed by atoms with Crippen molar-refractivity contribution in [2.24, 2.45) is 5.84 Å². The molecule has 21 heavy (non-hydrogen) atoms. The zero-order valence-corrected chi connectivity index (χ0v) is 13.1. The van der Waals surface area contributed by atoms with Crippen LogP contribution < -0.4 is 15.6 Å². The second-order valence-corrected chi connectivity index (χ2v) is 6.90. The lowest BCUT2D eigenvalue weighted by Crippen LogP contribution is -2.28. The maximum absolute atomic E-state index is 12.8. The molecule has 0 fully saturated rings. The number of hydrogen-bond donors (Lipinski definition) is 2. The molecule has 2 rings (SSSR count). The third-order valence-corrected chi connectivity index (χ3v) is 5.09. The van der Waals surface area contributed by atoms with Crippen molar-refractivity contribution >= 4 is 21.4 Å². The molecular weight excluding hydrogens is 286 g/mol. The molecule has 0 radical (unpaired) electrons. The Balaban J connectivity index is 2.52. The first kappa shape index (κ1) is 15.3. The Morgan fingerprint density at radius 1 is 1.05 bits per heavy atom. The number of nitrogens with zero attached hydrogens (tertiary/aromatic N) is 1. The van der Waals surface area contributed by atoms with Gasteiger partial charge in [0.15, 0.2) is 0 Å². The van der Waals surface area contributed by atoms with Crippen LogP contribution in [-0.2, 0) is 10.0 Å². The van der Waals surface area contributed by atoms with Crippen molar-refractivity contribution in [2.75, 3.05) is 16.8 Å². The molecule has 0 bridgehead atoms. The van der Waals surface area contributed by atoms with Crippen LogP contribution in [0.25, 0.3) is 0 Å². The van der Waals surface area contributed by atoms with E-state index < -0.39 is 10.0 Å². The molecule has 0 aliphatic rings. The Bertz CT molecular complexity index is 737. The summed E-state index contributed by atoms with van der Waals surface area (Å²) < 4.78 is 26.8. The van der Waals surface area contributed by atoms with Gasteiger partial charge in [-0.15, -0.1) is 0 Å². The molecule has 3 N–H and O–H groups in total. The number of nitrogens with two attached hydrogens (primary N) is 1. The number of sulfonamides is 1. The van der Waals surface area contributed by atoms with Crippen LogP contribution in [0, 0.1) is 13.8 Å². The van der Waals surface area contributed by atoms with Crippen LogP contribution in [0.5, 0.6) is 0 Å². The number of benzene rings is 2. The second kappa shape index (κ2) is 5.75. The van der Waals surface area contributed by atoms with E-state index in [2.05, 4.69) is 5.43 Å². The van der Waals surface area contributed by atoms with E-state index in [1.54, 1.807) is 18.2 Å². The highest BCUT2D eigenvalue weighted by atomic mass is 32.2. The number of nitrogen functional groups attached to an aromatic ring is 1. The van der Waals surface area contributed by atoms with Gasteiger partial charge in [-0.25, -0.2) is 8.42 Å². The van der Waals surface area contributed by atoms with Crippen LogP contribution in [0.15, 0.2) is 47.4 Å². The maximum Gasteiger partial charge on any atom is 0.266 e. The molecule has 0 aliphatic carbocycles. The van der Waals surface area contributed by atoms with Crippen molar-refractivity contribution in [3.8, 4) is 0 Å². The van der Waals surface area contributed by atoms with Gasteiger partial charge in [-0.05, 0) is 49.2 Å². The molecule has 2 aromatic carbocycles. The molecule has 112 valence electrons. The van der Waals surface area contributed by atoms with Gasteiger partial charge in [0, 0.05) is 7.05 Å². The summed E-state index contributed by atoms with van der Waals surface area (Å²) in [6.07, 6.45) is 0. The van der Waals surface area contributed by atoms with Crippen molar-refractivity contribution < 1.29 is 8.42 Å². The molecule has 0 aliphatic heterocycles. The quantitative estimate of drug-likeness (QED) is 0.672. The third kappa shape index (κ3) is 3.01. The molecule has 0 unspecified atom stereocenters. The van der Waals surface area contributed by atoms with Crippen LogP contribution in [0.1, 0.15) is 11.1 Å². The summed E-state index contributed by atoms with van der Waals surface area (Å²) in [6, 6.07) is 12.2. The first-order valence-corrected chi connectivity index (χ1v) is 7.93. The standard InChI is InChI=1S/C15H19N3O2S/c1-11-8-12(2)10-13(9-11)18(3)21(19,20)15-7-5-4-6-14(15)17-16/h4-10,17H,16H2,1-3H3. The summed E-state index contributed by atoms with van der Waals surface area (Å²) >= 11 is 0. The Labute approximate surface area is 125 Å². The molecule has 0 heterocycles. The summed E-state index contributed by atoms with van der Waals surface area (Å²) in [4.78, 5) is 0.147. The molecule has 0 atom stereocenters. The van der Waals surface area contributed by atoms with Gasteiger partial charge in [0.05, 0.1) is 11.4 Å². The Hall–Kier alpha value is -2.05. The van der Waals surface area contributed by atoms with E-state index in [1.165, 1.54) is 17.4 Å². The molecule has 0 saturated carbocycles. The summed E-state index contributed by atoms with van der Waals surface area (Å²) in [5, 5.41) is 0. The average molecular weight is 305 g/mol. The van der Waals surface area contributed by atoms with E-state index in [-0.39, 0.29) is 4.90 Å². The van der Waals surface area contributed by atoms with E-state index >= 15 is 0 Å². The van der Waals surface area contributed by atoms with Crippen LogP contribution in [0.3, 0.4) is 0 Å². The lowest BCUT2D eigenvalue weighted by molar-refractivity contribution is 0.594. The van der Waals surface area contributed by atoms with Crippen LogP contribution in [-0.4, -0.2) is 15.5 Å². The summed E-state index contributed by atoms with van der Waals surface area (Å²) in [7, 11) is -2.14. The van der Waals surface area contributed by atoms with Crippen molar-refractivity contribution in [3.05, 3.63) is 53.6 Å². The lowest BCUT2D eigenvalue weighted by atomic mass is 10.1. The largest absolute Gasteiger partial charge is 0.323 e. The Morgan fingerprint density at radius 3 is 2.19 bits per heavy atom. The maximum atomic E-state index is 12.8. The number of aryl methyl sites for hydroxylation is 2. The zero-order chi connectivity index (χ0) is 15.6. The predicted octanol–water partition coefficient (Wildman–Crippen LogP) is 2.41. The van der Waals surface area contributed by atoms with Gasteiger partial charge < -0.3 is 5.43 Å². The fourth-order valence-electron chi connectivity index (χ4n) is 2.23. The fraction of sp³-hybridized carbons (Fsp3) is 0.200. The molecule has 5 nitrogen and oxygen atoms in total. The van der Waals surface area contributed by atoms with Crippen molar-refractivity contribution in [1.29, 1.82) is 0 Å². The van der Waals surface area contributed by atoms with E-state index in [0.717, 1.165) is 11.1 Å². The van der Waals surface area contributed by atoms with Crippen LogP contribution in [0.2, 0.25) is 0 Å². The van der Waals surface area contributed by atoms with Crippen molar-refractivity contribution in [2.45, 2.75) is 18.7 Å². The molecule has 2 aromatic rings. The summed E-state index contributed by atoms with van der Waals surface area (Å²) in [6.45, 7) is 3.87. The molecule has 0 saturated heterocycles. The number of rotatable bonds is 4. The summed E-state index contributed by atoms with van der Waals surface area (Å²) in [5.41, 5.74) is 5.44. The van der Waals surface area contributed by atoms with E-state index in [9.17, 15) is 8.42 Å². The third-order valence-electron chi connectivity index (χ3n) is 3.25. The lowest BCUT2D eigenvalue weighted by Gasteiger charge is -2.22.